The number of hydrogen-bond acceptors (Lipinski definition) is 8. The van der Waals surface area contributed by atoms with E-state index in [1.54, 1.807) is 12.1 Å². The summed E-state index contributed by atoms with van der Waals surface area (Å²) in [5.41, 5.74) is 4.60. The van der Waals surface area contributed by atoms with Gasteiger partial charge in [0.2, 0.25) is 5.89 Å². The fourth-order valence-electron chi connectivity index (χ4n) is 4.28. The highest BCUT2D eigenvalue weighted by atomic mass is 32.1. The summed E-state index contributed by atoms with van der Waals surface area (Å²) in [6.45, 7) is 4.25. The summed E-state index contributed by atoms with van der Waals surface area (Å²) in [6.07, 6.45) is 0.908. The first-order valence-electron chi connectivity index (χ1n) is 12.1. The predicted octanol–water partition coefficient (Wildman–Crippen LogP) is 4.93. The molecule has 2 heterocycles. The molecule has 0 unspecified atom stereocenters. The van der Waals surface area contributed by atoms with Crippen LogP contribution in [0.5, 0.6) is 0 Å². The number of nitrogens with zero attached hydrogens (tertiary/aromatic N) is 3. The van der Waals surface area contributed by atoms with Crippen LogP contribution in [0.2, 0.25) is 0 Å². The summed E-state index contributed by atoms with van der Waals surface area (Å²) in [7, 11) is 0. The number of carbonyl (C=O) groups excluding carboxylic acids is 1. The summed E-state index contributed by atoms with van der Waals surface area (Å²) < 4.78 is 11.3. The van der Waals surface area contributed by atoms with Crippen molar-refractivity contribution in [2.75, 3.05) is 36.5 Å². The molecule has 194 valence electrons. The van der Waals surface area contributed by atoms with Crippen molar-refractivity contribution in [3.05, 3.63) is 81.9 Å². The quantitative estimate of drug-likeness (QED) is 0.203. The van der Waals surface area contributed by atoms with Crippen molar-refractivity contribution < 1.29 is 18.9 Å². The standard InChI is InChI=1S/C27H25N5O5S/c1-2-17-6-9-24-22(14-17)29-26(37-24)18-4-3-5-19(15-18)28-27(38)30-25(33)21-16-20(32(34)35)7-8-23(21)31-10-12-36-13-11-31/h3-9,14-16H,2,10-13H2,1H3,(H2,28,30,33,38). The maximum Gasteiger partial charge on any atom is 0.270 e. The van der Waals surface area contributed by atoms with Gasteiger partial charge in [0.15, 0.2) is 10.7 Å². The highest BCUT2D eigenvalue weighted by molar-refractivity contribution is 7.80. The lowest BCUT2D eigenvalue weighted by atomic mass is 10.1. The normalized spacial score (nSPS) is 13.3. The zero-order chi connectivity index (χ0) is 26.6. The zero-order valence-corrected chi connectivity index (χ0v) is 21.4. The van der Waals surface area contributed by atoms with E-state index in [2.05, 4.69) is 22.5 Å². The average Bonchev–Trinajstić information content (AvgIpc) is 3.37. The van der Waals surface area contributed by atoms with E-state index in [-0.39, 0.29) is 16.4 Å². The molecule has 0 saturated carbocycles. The van der Waals surface area contributed by atoms with Crippen LogP contribution >= 0.6 is 12.2 Å². The molecule has 0 atom stereocenters. The molecule has 38 heavy (non-hydrogen) atoms. The predicted molar refractivity (Wildman–Crippen MR) is 149 cm³/mol. The Morgan fingerprint density at radius 3 is 2.71 bits per heavy atom. The van der Waals surface area contributed by atoms with Crippen molar-refractivity contribution in [1.29, 1.82) is 0 Å². The van der Waals surface area contributed by atoms with Gasteiger partial charge in [0.25, 0.3) is 11.6 Å². The van der Waals surface area contributed by atoms with Crippen molar-refractivity contribution in [3.63, 3.8) is 0 Å². The number of morpholine rings is 1. The first-order valence-corrected chi connectivity index (χ1v) is 12.6. The minimum atomic E-state index is -0.547. The molecule has 1 fully saturated rings. The van der Waals surface area contributed by atoms with Gasteiger partial charge in [0.05, 0.1) is 29.4 Å². The molecular weight excluding hydrogens is 506 g/mol. The molecule has 1 aliphatic heterocycles. The molecule has 4 aromatic rings. The fraction of sp³-hybridized carbons (Fsp3) is 0.222. The zero-order valence-electron chi connectivity index (χ0n) is 20.6. The van der Waals surface area contributed by atoms with E-state index in [0.717, 1.165) is 17.5 Å². The highest BCUT2D eigenvalue weighted by Crippen LogP contribution is 2.28. The van der Waals surface area contributed by atoms with E-state index in [1.807, 2.05) is 41.3 Å². The van der Waals surface area contributed by atoms with Crippen molar-refractivity contribution in [2.24, 2.45) is 0 Å². The molecule has 0 bridgehead atoms. The van der Waals surface area contributed by atoms with E-state index >= 15 is 0 Å². The van der Waals surface area contributed by atoms with Gasteiger partial charge in [-0.1, -0.05) is 19.1 Å². The molecule has 5 rings (SSSR count). The Morgan fingerprint density at radius 1 is 1.13 bits per heavy atom. The van der Waals surface area contributed by atoms with Crippen LogP contribution in [0.1, 0.15) is 22.8 Å². The van der Waals surface area contributed by atoms with E-state index in [9.17, 15) is 14.9 Å². The Kier molecular flexibility index (Phi) is 7.29. The monoisotopic (exact) mass is 531 g/mol. The van der Waals surface area contributed by atoms with Crippen LogP contribution in [0.25, 0.3) is 22.6 Å². The van der Waals surface area contributed by atoms with Gasteiger partial charge in [0.1, 0.15) is 5.52 Å². The molecule has 1 aromatic heterocycles. The van der Waals surface area contributed by atoms with Gasteiger partial charge < -0.3 is 19.4 Å². The van der Waals surface area contributed by atoms with Crippen LogP contribution in [-0.4, -0.2) is 47.2 Å². The Bertz CT molecular complexity index is 1530. The Labute approximate surface area is 223 Å². The number of ether oxygens (including phenoxy) is 1. The summed E-state index contributed by atoms with van der Waals surface area (Å²) >= 11 is 5.39. The summed E-state index contributed by atoms with van der Waals surface area (Å²) in [5.74, 6) is -0.0758. The van der Waals surface area contributed by atoms with Gasteiger partial charge in [-0.3, -0.25) is 20.2 Å². The molecule has 0 radical (unpaired) electrons. The summed E-state index contributed by atoms with van der Waals surface area (Å²) in [4.78, 5) is 30.6. The molecule has 0 aliphatic carbocycles. The maximum atomic E-state index is 13.2. The van der Waals surface area contributed by atoms with Crippen molar-refractivity contribution in [3.8, 4) is 11.5 Å². The molecule has 10 nitrogen and oxygen atoms in total. The number of thiocarbonyl (C=S) groups is 1. The Hall–Kier alpha value is -4.35. The Morgan fingerprint density at radius 2 is 1.95 bits per heavy atom. The number of anilines is 2. The highest BCUT2D eigenvalue weighted by Gasteiger charge is 2.23. The molecule has 1 saturated heterocycles. The van der Waals surface area contributed by atoms with Crippen LogP contribution in [0, 0.1) is 10.1 Å². The molecule has 11 heteroatoms. The number of aryl methyl sites for hydroxylation is 1. The lowest BCUT2D eigenvalue weighted by molar-refractivity contribution is -0.384. The largest absolute Gasteiger partial charge is 0.436 e. The van der Waals surface area contributed by atoms with Crippen molar-refractivity contribution >= 4 is 51.4 Å². The second-order valence-corrected chi connectivity index (χ2v) is 9.13. The van der Waals surface area contributed by atoms with Crippen LogP contribution < -0.4 is 15.5 Å². The van der Waals surface area contributed by atoms with Crippen molar-refractivity contribution in [1.82, 2.24) is 10.3 Å². The third-order valence-corrected chi connectivity index (χ3v) is 6.45. The third-order valence-electron chi connectivity index (χ3n) is 6.24. The van der Waals surface area contributed by atoms with Crippen molar-refractivity contribution in [2.45, 2.75) is 13.3 Å². The first-order chi connectivity index (χ1) is 18.4. The number of fused-ring (bicyclic) bond motifs is 1. The minimum Gasteiger partial charge on any atom is -0.436 e. The van der Waals surface area contributed by atoms with Crippen LogP contribution in [0.15, 0.2) is 65.1 Å². The first kappa shape index (κ1) is 25.3. The van der Waals surface area contributed by atoms with E-state index in [0.29, 0.717) is 49.2 Å². The summed E-state index contributed by atoms with van der Waals surface area (Å²) in [5, 5.41) is 17.1. The summed E-state index contributed by atoms with van der Waals surface area (Å²) in [6, 6.07) is 17.5. The second-order valence-electron chi connectivity index (χ2n) is 8.72. The van der Waals surface area contributed by atoms with Crippen LogP contribution in [0.4, 0.5) is 17.1 Å². The van der Waals surface area contributed by atoms with E-state index in [4.69, 9.17) is 21.4 Å². The SMILES string of the molecule is CCc1ccc2oc(-c3cccc(NC(=S)NC(=O)c4cc([N+](=O)[O-])ccc4N4CCOCC4)c3)nc2c1. The topological polar surface area (TPSA) is 123 Å². The lowest BCUT2D eigenvalue weighted by Crippen LogP contribution is -2.39. The van der Waals surface area contributed by atoms with Gasteiger partial charge in [-0.25, -0.2) is 4.98 Å². The lowest BCUT2D eigenvalue weighted by Gasteiger charge is -2.30. The number of nitro groups is 1. The van der Waals surface area contributed by atoms with Gasteiger partial charge in [-0.15, -0.1) is 0 Å². The van der Waals surface area contributed by atoms with Gasteiger partial charge in [0, 0.05) is 36.5 Å². The number of oxazole rings is 1. The third kappa shape index (κ3) is 5.48. The number of benzene rings is 3. The van der Waals surface area contributed by atoms with Gasteiger partial charge >= 0.3 is 0 Å². The van der Waals surface area contributed by atoms with Gasteiger partial charge in [-0.05, 0) is 60.6 Å². The number of aromatic nitrogens is 1. The van der Waals surface area contributed by atoms with Gasteiger partial charge in [-0.2, -0.15) is 0 Å². The second kappa shape index (κ2) is 11.0. The fourth-order valence-corrected chi connectivity index (χ4v) is 4.49. The number of hydrogen-bond donors (Lipinski definition) is 2. The molecule has 0 spiro atoms. The molecule has 1 aliphatic rings. The van der Waals surface area contributed by atoms with Crippen LogP contribution in [0.3, 0.4) is 0 Å². The maximum absolute atomic E-state index is 13.2. The average molecular weight is 532 g/mol. The number of amides is 1. The van der Waals surface area contributed by atoms with E-state index < -0.39 is 10.8 Å². The number of nitro benzene ring substituents is 1. The molecule has 2 N–H and O–H groups in total. The number of carbonyl (C=O) groups is 1. The number of non-ortho nitro benzene ring substituents is 1. The number of nitrogens with one attached hydrogen (secondary N) is 2. The molecule has 3 aromatic carbocycles. The van der Waals surface area contributed by atoms with E-state index in [1.165, 1.54) is 17.7 Å². The number of rotatable bonds is 6. The smallest absolute Gasteiger partial charge is 0.270 e. The minimum absolute atomic E-state index is 0.0525. The van der Waals surface area contributed by atoms with Crippen LogP contribution in [-0.2, 0) is 11.2 Å². The molecular formula is C27H25N5O5S. The Balaban J connectivity index is 1.33. The molecule has 1 amide bonds.